The van der Waals surface area contributed by atoms with Gasteiger partial charge in [-0.15, -0.1) is 0 Å². The fourth-order valence-electron chi connectivity index (χ4n) is 3.57. The zero-order valence-electron chi connectivity index (χ0n) is 14.9. The van der Waals surface area contributed by atoms with E-state index >= 15 is 0 Å². The van der Waals surface area contributed by atoms with Crippen LogP contribution in [0.2, 0.25) is 0 Å². The van der Waals surface area contributed by atoms with Gasteiger partial charge in [0.15, 0.2) is 5.78 Å². The molecule has 0 radical (unpaired) electrons. The summed E-state index contributed by atoms with van der Waals surface area (Å²) in [7, 11) is 0. The molecule has 1 heterocycles. The number of anilines is 1. The van der Waals surface area contributed by atoms with Gasteiger partial charge in [-0.1, -0.05) is 77.9 Å². The lowest BCUT2D eigenvalue weighted by atomic mass is 9.78. The van der Waals surface area contributed by atoms with Crippen molar-refractivity contribution < 1.29 is 9.59 Å². The minimum absolute atomic E-state index is 0.263. The maximum Gasteiger partial charge on any atom is 0.252 e. The monoisotopic (exact) mass is 368 g/mol. The van der Waals surface area contributed by atoms with Crippen LogP contribution in [0.4, 0.5) is 5.69 Å². The Morgan fingerprint density at radius 3 is 2.14 bits per heavy atom. The molecule has 0 fully saturated rings. The summed E-state index contributed by atoms with van der Waals surface area (Å²) in [6.45, 7) is 0.263. The van der Waals surface area contributed by atoms with Crippen LogP contribution < -0.4 is 4.90 Å². The minimum atomic E-state index is -1.96. The van der Waals surface area contributed by atoms with E-state index < -0.39 is 17.2 Å². The normalized spacial score (nSPS) is 18.4. The number of hydrogen-bond donors (Lipinski definition) is 0. The van der Waals surface area contributed by atoms with E-state index in [1.165, 1.54) is 4.90 Å². The van der Waals surface area contributed by atoms with Crippen LogP contribution in [0.25, 0.3) is 10.4 Å². The zero-order valence-corrected chi connectivity index (χ0v) is 14.9. The largest absolute Gasteiger partial charge is 0.306 e. The highest BCUT2D eigenvalue weighted by molar-refractivity contribution is 6.28. The fourth-order valence-corrected chi connectivity index (χ4v) is 3.57. The molecule has 28 heavy (non-hydrogen) atoms. The summed E-state index contributed by atoms with van der Waals surface area (Å²) < 4.78 is 0. The molecule has 1 unspecified atom stereocenters. The maximum atomic E-state index is 13.7. The van der Waals surface area contributed by atoms with Crippen molar-refractivity contribution in [2.24, 2.45) is 5.11 Å². The van der Waals surface area contributed by atoms with Crippen molar-refractivity contribution in [1.82, 2.24) is 0 Å². The van der Waals surface area contributed by atoms with E-state index in [0.29, 0.717) is 16.8 Å². The molecule has 3 aromatic rings. The van der Waals surface area contributed by atoms with Gasteiger partial charge in [-0.2, -0.15) is 0 Å². The molecule has 1 atom stereocenters. The summed E-state index contributed by atoms with van der Waals surface area (Å²) in [5.41, 5.74) is 9.41. The third kappa shape index (κ3) is 2.64. The van der Waals surface area contributed by atoms with E-state index in [0.717, 1.165) is 5.56 Å². The number of nitrogens with zero attached hydrogens (tertiary/aromatic N) is 4. The van der Waals surface area contributed by atoms with Crippen LogP contribution >= 0.6 is 0 Å². The Bertz CT molecular complexity index is 1090. The van der Waals surface area contributed by atoms with E-state index in [1.807, 2.05) is 30.3 Å². The first-order chi connectivity index (χ1) is 13.7. The second-order valence-electron chi connectivity index (χ2n) is 6.49. The summed E-state index contributed by atoms with van der Waals surface area (Å²) in [6, 6.07) is 24.9. The van der Waals surface area contributed by atoms with E-state index in [9.17, 15) is 15.1 Å². The van der Waals surface area contributed by atoms with Gasteiger partial charge in [-0.3, -0.25) is 9.59 Å². The molecule has 4 rings (SSSR count). The molecule has 0 saturated carbocycles. The molecule has 1 aliphatic rings. The Morgan fingerprint density at radius 1 is 0.857 bits per heavy atom. The number of rotatable bonds is 4. The van der Waals surface area contributed by atoms with Crippen molar-refractivity contribution in [3.8, 4) is 0 Å². The number of ketones is 1. The molecule has 0 saturated heterocycles. The number of azide groups is 1. The number of amides is 1. The highest BCUT2D eigenvalue weighted by Gasteiger charge is 2.53. The van der Waals surface area contributed by atoms with Crippen LogP contribution in [0.5, 0.6) is 0 Å². The lowest BCUT2D eigenvalue weighted by Gasteiger charge is -2.39. The van der Waals surface area contributed by atoms with E-state index in [-0.39, 0.29) is 6.54 Å². The average Bonchev–Trinajstić information content (AvgIpc) is 2.75. The van der Waals surface area contributed by atoms with Crippen molar-refractivity contribution >= 4 is 17.4 Å². The van der Waals surface area contributed by atoms with Gasteiger partial charge >= 0.3 is 0 Å². The maximum absolute atomic E-state index is 13.7. The van der Waals surface area contributed by atoms with Crippen molar-refractivity contribution in [2.45, 2.75) is 12.1 Å². The van der Waals surface area contributed by atoms with Crippen molar-refractivity contribution in [1.29, 1.82) is 0 Å². The topological polar surface area (TPSA) is 86.1 Å². The van der Waals surface area contributed by atoms with Crippen LogP contribution in [0.15, 0.2) is 90.0 Å². The standard InChI is InChI=1S/C22H16N4O2/c23-25-24-22(17-11-5-2-6-12-17)20(27)18-13-7-8-14-19(18)26(21(22)28)15-16-9-3-1-4-10-16/h1-14H,15H2. The molecule has 1 aliphatic heterocycles. The number of carbonyl (C=O) groups excluding carboxylic acids is 2. The van der Waals surface area contributed by atoms with E-state index in [4.69, 9.17) is 0 Å². The minimum Gasteiger partial charge on any atom is -0.306 e. The summed E-state index contributed by atoms with van der Waals surface area (Å²) in [5.74, 6) is -1.06. The zero-order chi connectivity index (χ0) is 19.6. The Kier molecular flexibility index (Phi) is 4.39. The third-order valence-corrected chi connectivity index (χ3v) is 4.89. The van der Waals surface area contributed by atoms with Gasteiger partial charge in [-0.05, 0) is 28.8 Å². The molecule has 0 aliphatic carbocycles. The number of benzene rings is 3. The SMILES string of the molecule is [N-]=[N+]=NC1(c2ccccc2)C(=O)c2ccccc2N(Cc2ccccc2)C1=O. The van der Waals surface area contributed by atoms with Crippen LogP contribution in [0, 0.1) is 0 Å². The van der Waals surface area contributed by atoms with Crippen molar-refractivity contribution in [3.63, 3.8) is 0 Å². The van der Waals surface area contributed by atoms with Crippen LogP contribution in [0.3, 0.4) is 0 Å². The predicted molar refractivity (Wildman–Crippen MR) is 106 cm³/mol. The van der Waals surface area contributed by atoms with Crippen LogP contribution in [-0.4, -0.2) is 11.7 Å². The molecule has 0 aromatic heterocycles. The summed E-state index contributed by atoms with van der Waals surface area (Å²) in [4.78, 5) is 31.5. The predicted octanol–water partition coefficient (Wildman–Crippen LogP) is 4.62. The molecule has 136 valence electrons. The summed E-state index contributed by atoms with van der Waals surface area (Å²) >= 11 is 0. The molecule has 0 N–H and O–H groups in total. The molecule has 1 amide bonds. The third-order valence-electron chi connectivity index (χ3n) is 4.89. The molecule has 6 nitrogen and oxygen atoms in total. The van der Waals surface area contributed by atoms with Crippen LogP contribution in [0.1, 0.15) is 21.5 Å². The molecular weight excluding hydrogens is 352 g/mol. The Balaban J connectivity index is 1.95. The first-order valence-corrected chi connectivity index (χ1v) is 8.80. The van der Waals surface area contributed by atoms with Gasteiger partial charge in [0.2, 0.25) is 5.54 Å². The first kappa shape index (κ1) is 17.5. The molecular formula is C22H16N4O2. The number of hydrogen-bond acceptors (Lipinski definition) is 3. The summed E-state index contributed by atoms with van der Waals surface area (Å²) in [6.07, 6.45) is 0. The Morgan fingerprint density at radius 2 is 1.46 bits per heavy atom. The van der Waals surface area contributed by atoms with E-state index in [1.54, 1.807) is 54.6 Å². The van der Waals surface area contributed by atoms with Gasteiger partial charge in [0.1, 0.15) is 0 Å². The first-order valence-electron chi connectivity index (χ1n) is 8.80. The quantitative estimate of drug-likeness (QED) is 0.291. The van der Waals surface area contributed by atoms with Gasteiger partial charge < -0.3 is 4.90 Å². The molecule has 0 bridgehead atoms. The van der Waals surface area contributed by atoms with Crippen LogP contribution in [-0.2, 0) is 16.9 Å². The number of Topliss-reactive ketones (excluding diaryl/α,β-unsaturated/α-hetero) is 1. The van der Waals surface area contributed by atoms with Crippen molar-refractivity contribution in [2.75, 3.05) is 4.90 Å². The van der Waals surface area contributed by atoms with E-state index in [2.05, 4.69) is 10.0 Å². The fraction of sp³-hybridized carbons (Fsp3) is 0.0909. The van der Waals surface area contributed by atoms with Gasteiger partial charge in [0.05, 0.1) is 12.2 Å². The van der Waals surface area contributed by atoms with Gasteiger partial charge in [-0.25, -0.2) is 0 Å². The molecule has 6 heteroatoms. The second kappa shape index (κ2) is 7.02. The van der Waals surface area contributed by atoms with Gasteiger partial charge in [0.25, 0.3) is 5.91 Å². The molecule has 3 aromatic carbocycles. The number of fused-ring (bicyclic) bond motifs is 1. The molecule has 0 spiro atoms. The second-order valence-corrected chi connectivity index (χ2v) is 6.49. The van der Waals surface area contributed by atoms with Gasteiger partial charge in [0, 0.05) is 10.5 Å². The smallest absolute Gasteiger partial charge is 0.252 e. The van der Waals surface area contributed by atoms with Crippen molar-refractivity contribution in [3.05, 3.63) is 112 Å². The number of carbonyl (C=O) groups is 2. The highest BCUT2D eigenvalue weighted by Crippen LogP contribution is 2.41. The summed E-state index contributed by atoms with van der Waals surface area (Å²) in [5, 5.41) is 3.78. The number of para-hydroxylation sites is 1. The highest BCUT2D eigenvalue weighted by atomic mass is 16.2. The Hall–Kier alpha value is -3.89. The Labute approximate surface area is 161 Å². The lowest BCUT2D eigenvalue weighted by Crippen LogP contribution is -2.54. The lowest BCUT2D eigenvalue weighted by molar-refractivity contribution is -0.122. The average molecular weight is 368 g/mol.